The van der Waals surface area contributed by atoms with Gasteiger partial charge in [0.15, 0.2) is 6.73 Å². The third-order valence-electron chi connectivity index (χ3n) is 6.37. The van der Waals surface area contributed by atoms with E-state index in [0.29, 0.717) is 12.3 Å². The summed E-state index contributed by atoms with van der Waals surface area (Å²) in [6.45, 7) is 9.54. The standard InChI is InChI=1S/C28H27NO4/c1-16-10-17(2)26(18(3)11-16)29-14-21-12-24-23(20-6-8-22(31-5)9-7-20)13-25(30)33-28(24)19(4)27(21)32-15-29/h6-13H,14-15H2,1-5H3. The first-order valence-corrected chi connectivity index (χ1v) is 11.1. The summed E-state index contributed by atoms with van der Waals surface area (Å²) >= 11 is 0. The maximum Gasteiger partial charge on any atom is 0.336 e. The first-order chi connectivity index (χ1) is 15.9. The summed E-state index contributed by atoms with van der Waals surface area (Å²) in [5.41, 5.74) is 8.85. The minimum absolute atomic E-state index is 0.375. The third-order valence-corrected chi connectivity index (χ3v) is 6.37. The van der Waals surface area contributed by atoms with Gasteiger partial charge in [0, 0.05) is 34.8 Å². The Bertz CT molecular complexity index is 1410. The van der Waals surface area contributed by atoms with Crippen LogP contribution in [0.4, 0.5) is 5.69 Å². The van der Waals surface area contributed by atoms with Crippen LogP contribution in [-0.4, -0.2) is 13.8 Å². The molecule has 33 heavy (non-hydrogen) atoms. The minimum Gasteiger partial charge on any atom is -0.497 e. The highest BCUT2D eigenvalue weighted by atomic mass is 16.5. The summed E-state index contributed by atoms with van der Waals surface area (Å²) in [6.07, 6.45) is 0. The van der Waals surface area contributed by atoms with Gasteiger partial charge in [-0.2, -0.15) is 0 Å². The van der Waals surface area contributed by atoms with Gasteiger partial charge < -0.3 is 18.8 Å². The number of nitrogens with zero attached hydrogens (tertiary/aromatic N) is 1. The van der Waals surface area contributed by atoms with Crippen molar-refractivity contribution in [2.75, 3.05) is 18.7 Å². The van der Waals surface area contributed by atoms with E-state index in [9.17, 15) is 4.79 Å². The van der Waals surface area contributed by atoms with Crippen molar-refractivity contribution in [3.63, 3.8) is 0 Å². The number of fused-ring (bicyclic) bond motifs is 2. The molecule has 1 aliphatic rings. The zero-order valence-corrected chi connectivity index (χ0v) is 19.6. The molecule has 0 atom stereocenters. The van der Waals surface area contributed by atoms with Crippen LogP contribution < -0.4 is 20.0 Å². The summed E-state index contributed by atoms with van der Waals surface area (Å²) in [5.74, 6) is 1.57. The highest BCUT2D eigenvalue weighted by Gasteiger charge is 2.25. The molecule has 5 rings (SSSR count). The minimum atomic E-state index is -0.375. The van der Waals surface area contributed by atoms with Crippen molar-refractivity contribution in [1.82, 2.24) is 0 Å². The van der Waals surface area contributed by atoms with E-state index in [2.05, 4.69) is 43.9 Å². The fourth-order valence-electron chi connectivity index (χ4n) is 5.04. The maximum atomic E-state index is 12.4. The highest BCUT2D eigenvalue weighted by Crippen LogP contribution is 2.40. The number of hydrogen-bond donors (Lipinski definition) is 0. The predicted molar refractivity (Wildman–Crippen MR) is 132 cm³/mol. The molecule has 168 valence electrons. The summed E-state index contributed by atoms with van der Waals surface area (Å²) in [6, 6.07) is 15.8. The van der Waals surface area contributed by atoms with Gasteiger partial charge in [0.1, 0.15) is 17.1 Å². The first kappa shape index (κ1) is 21.1. The highest BCUT2D eigenvalue weighted by molar-refractivity contribution is 5.96. The van der Waals surface area contributed by atoms with Crippen molar-refractivity contribution in [3.05, 3.63) is 86.8 Å². The molecule has 1 aromatic heterocycles. The van der Waals surface area contributed by atoms with Gasteiger partial charge in [-0.1, -0.05) is 29.8 Å². The number of ether oxygens (including phenoxy) is 2. The van der Waals surface area contributed by atoms with Gasteiger partial charge >= 0.3 is 5.63 Å². The van der Waals surface area contributed by atoms with Gasteiger partial charge in [-0.15, -0.1) is 0 Å². The van der Waals surface area contributed by atoms with E-state index in [1.165, 1.54) is 22.4 Å². The lowest BCUT2D eigenvalue weighted by atomic mass is 9.96. The van der Waals surface area contributed by atoms with Crippen LogP contribution in [0, 0.1) is 27.7 Å². The van der Waals surface area contributed by atoms with Gasteiger partial charge in [-0.3, -0.25) is 0 Å². The summed E-state index contributed by atoms with van der Waals surface area (Å²) in [5, 5.41) is 0.902. The second kappa shape index (κ2) is 8.00. The Labute approximate surface area is 193 Å². The van der Waals surface area contributed by atoms with Crippen molar-refractivity contribution < 1.29 is 13.9 Å². The lowest BCUT2D eigenvalue weighted by molar-refractivity contribution is 0.287. The monoisotopic (exact) mass is 441 g/mol. The molecule has 0 saturated carbocycles. The number of methoxy groups -OCH3 is 1. The van der Waals surface area contributed by atoms with Crippen molar-refractivity contribution in [2.45, 2.75) is 34.2 Å². The Morgan fingerprint density at radius 3 is 2.30 bits per heavy atom. The fraction of sp³-hybridized carbons (Fsp3) is 0.250. The molecule has 5 heteroatoms. The van der Waals surface area contributed by atoms with Crippen molar-refractivity contribution >= 4 is 16.7 Å². The second-order valence-corrected chi connectivity index (χ2v) is 8.79. The number of hydrogen-bond acceptors (Lipinski definition) is 5. The Balaban J connectivity index is 1.65. The molecule has 5 nitrogen and oxygen atoms in total. The van der Waals surface area contributed by atoms with Gasteiger partial charge in [-0.25, -0.2) is 4.79 Å². The Morgan fingerprint density at radius 2 is 1.64 bits per heavy atom. The topological polar surface area (TPSA) is 51.9 Å². The van der Waals surface area contributed by atoms with Crippen LogP contribution in [0.3, 0.4) is 0 Å². The number of benzene rings is 3. The average molecular weight is 442 g/mol. The van der Waals surface area contributed by atoms with E-state index in [0.717, 1.165) is 45.7 Å². The van der Waals surface area contributed by atoms with Crippen molar-refractivity contribution in [1.29, 1.82) is 0 Å². The van der Waals surface area contributed by atoms with Crippen molar-refractivity contribution in [3.8, 4) is 22.6 Å². The largest absolute Gasteiger partial charge is 0.497 e. The molecule has 0 fully saturated rings. The summed E-state index contributed by atoms with van der Waals surface area (Å²) in [7, 11) is 1.64. The predicted octanol–water partition coefficient (Wildman–Crippen LogP) is 6.06. The van der Waals surface area contributed by atoms with Crippen LogP contribution in [-0.2, 0) is 6.54 Å². The molecule has 0 saturated heterocycles. The normalized spacial score (nSPS) is 13.1. The fourth-order valence-corrected chi connectivity index (χ4v) is 5.04. The van der Waals surface area contributed by atoms with E-state index in [1.807, 2.05) is 31.2 Å². The molecule has 2 heterocycles. The van der Waals surface area contributed by atoms with E-state index in [4.69, 9.17) is 13.9 Å². The molecule has 0 radical (unpaired) electrons. The van der Waals surface area contributed by atoms with Crippen LogP contribution in [0.2, 0.25) is 0 Å². The summed E-state index contributed by atoms with van der Waals surface area (Å²) in [4.78, 5) is 14.7. The molecular formula is C28H27NO4. The van der Waals surface area contributed by atoms with Crippen LogP contribution in [0.1, 0.15) is 27.8 Å². The molecule has 0 aliphatic carbocycles. The molecule has 0 amide bonds. The van der Waals surface area contributed by atoms with Gasteiger partial charge in [0.05, 0.1) is 7.11 Å². The lowest BCUT2D eigenvalue weighted by Gasteiger charge is -2.34. The van der Waals surface area contributed by atoms with Gasteiger partial charge in [0.25, 0.3) is 0 Å². The molecule has 4 aromatic rings. The maximum absolute atomic E-state index is 12.4. The van der Waals surface area contributed by atoms with E-state index < -0.39 is 0 Å². The molecule has 0 bridgehead atoms. The smallest absolute Gasteiger partial charge is 0.336 e. The Kier molecular flexibility index (Phi) is 5.12. The third kappa shape index (κ3) is 3.63. The SMILES string of the molecule is COc1ccc(-c2cc(=O)oc3c(C)c4c(cc23)CN(c2c(C)cc(C)cc2C)CO4)cc1. The number of anilines is 1. The van der Waals surface area contributed by atoms with E-state index >= 15 is 0 Å². The molecule has 0 N–H and O–H groups in total. The van der Waals surface area contributed by atoms with Crippen molar-refractivity contribution in [2.24, 2.45) is 0 Å². The van der Waals surface area contributed by atoms with Crippen LogP contribution in [0.15, 0.2) is 57.7 Å². The lowest BCUT2D eigenvalue weighted by Crippen LogP contribution is -2.33. The zero-order chi connectivity index (χ0) is 23.3. The number of aryl methyl sites for hydroxylation is 4. The molecule has 3 aromatic carbocycles. The quantitative estimate of drug-likeness (QED) is 0.362. The Hall–Kier alpha value is -3.73. The first-order valence-electron chi connectivity index (χ1n) is 11.1. The van der Waals surface area contributed by atoms with Crippen LogP contribution in [0.25, 0.3) is 22.1 Å². The van der Waals surface area contributed by atoms with Gasteiger partial charge in [0.2, 0.25) is 0 Å². The van der Waals surface area contributed by atoms with E-state index in [1.54, 1.807) is 13.2 Å². The molecule has 0 spiro atoms. The van der Waals surface area contributed by atoms with Crippen LogP contribution >= 0.6 is 0 Å². The molecule has 0 unspecified atom stereocenters. The summed E-state index contributed by atoms with van der Waals surface area (Å²) < 4.78 is 17.2. The Morgan fingerprint density at radius 1 is 0.939 bits per heavy atom. The van der Waals surface area contributed by atoms with Gasteiger partial charge in [-0.05, 0) is 68.1 Å². The molecular weight excluding hydrogens is 414 g/mol. The van der Waals surface area contributed by atoms with E-state index in [-0.39, 0.29) is 5.63 Å². The average Bonchev–Trinajstić information content (AvgIpc) is 2.79. The second-order valence-electron chi connectivity index (χ2n) is 8.79. The zero-order valence-electron chi connectivity index (χ0n) is 19.6. The molecule has 1 aliphatic heterocycles. The number of rotatable bonds is 3. The van der Waals surface area contributed by atoms with Crippen LogP contribution in [0.5, 0.6) is 11.5 Å².